The molecule has 2 N–H and O–H groups in total. The van der Waals surface area contributed by atoms with E-state index in [2.05, 4.69) is 40.7 Å². The molecule has 0 bridgehead atoms. The summed E-state index contributed by atoms with van der Waals surface area (Å²) in [5.74, 6) is 2.65. The van der Waals surface area contributed by atoms with Gasteiger partial charge in [-0.1, -0.05) is 60.8 Å². The fourth-order valence-electron chi connectivity index (χ4n) is 3.27. The van der Waals surface area contributed by atoms with E-state index in [1.807, 2.05) is 25.1 Å². The molecule has 30 heavy (non-hydrogen) atoms. The molecule has 1 unspecified atom stereocenters. The summed E-state index contributed by atoms with van der Waals surface area (Å²) in [7, 11) is 0. The number of nitrogens with one attached hydrogen (secondary N) is 1. The highest BCUT2D eigenvalue weighted by Crippen LogP contribution is 2.18. The summed E-state index contributed by atoms with van der Waals surface area (Å²) >= 11 is 0. The number of fused-ring (bicyclic) bond motifs is 1. The molecule has 1 aromatic heterocycles. The van der Waals surface area contributed by atoms with Crippen molar-refractivity contribution in [3.05, 3.63) is 65.0 Å². The Morgan fingerprint density at radius 1 is 1.27 bits per heavy atom. The molecule has 0 fully saturated rings. The van der Waals surface area contributed by atoms with Gasteiger partial charge >= 0.3 is 0 Å². The van der Waals surface area contributed by atoms with E-state index in [1.165, 1.54) is 5.39 Å². The highest BCUT2D eigenvalue weighted by molar-refractivity contribution is 5.94. The van der Waals surface area contributed by atoms with Gasteiger partial charge in [-0.3, -0.25) is 4.79 Å². The third kappa shape index (κ3) is 5.26. The standard InChI is InChI=1S/C24H26N2O4/c1-3-17(11-12-27)14-25-24(28)23-21(4-2)22(30-26-23)16-29-15-18-9-10-19-7-5-6-8-20(19)13-18/h2,5-10,13,17,27H,3,11-12,14-16H2,1H3,(H,25,28). The van der Waals surface area contributed by atoms with Crippen LogP contribution in [0.1, 0.15) is 47.1 Å². The minimum absolute atomic E-state index is 0.0839. The fourth-order valence-corrected chi connectivity index (χ4v) is 3.27. The average molecular weight is 406 g/mol. The van der Waals surface area contributed by atoms with Crippen LogP contribution >= 0.6 is 0 Å². The van der Waals surface area contributed by atoms with Crippen molar-refractivity contribution in [3.63, 3.8) is 0 Å². The zero-order valence-corrected chi connectivity index (χ0v) is 17.1. The Bertz CT molecular complexity index is 1040. The van der Waals surface area contributed by atoms with Crippen LogP contribution in [0.4, 0.5) is 0 Å². The number of carbonyl (C=O) groups is 1. The first kappa shape index (κ1) is 21.6. The number of aliphatic hydroxyl groups is 1. The lowest BCUT2D eigenvalue weighted by molar-refractivity contribution is 0.0876. The van der Waals surface area contributed by atoms with E-state index in [9.17, 15) is 4.79 Å². The van der Waals surface area contributed by atoms with Crippen molar-refractivity contribution in [3.8, 4) is 12.3 Å². The van der Waals surface area contributed by atoms with Crippen LogP contribution in [0.5, 0.6) is 0 Å². The molecule has 0 spiro atoms. The van der Waals surface area contributed by atoms with Crippen LogP contribution < -0.4 is 5.32 Å². The number of aliphatic hydroxyl groups excluding tert-OH is 1. The minimum atomic E-state index is -0.385. The summed E-state index contributed by atoms with van der Waals surface area (Å²) in [5, 5.41) is 18.0. The largest absolute Gasteiger partial charge is 0.396 e. The van der Waals surface area contributed by atoms with Crippen molar-refractivity contribution < 1.29 is 19.2 Å². The lowest BCUT2D eigenvalue weighted by Crippen LogP contribution is -2.30. The second-order valence-corrected chi connectivity index (χ2v) is 7.14. The molecule has 2 aromatic carbocycles. The quantitative estimate of drug-likeness (QED) is 0.502. The summed E-state index contributed by atoms with van der Waals surface area (Å²) < 4.78 is 11.0. The molecule has 6 nitrogen and oxygen atoms in total. The molecule has 1 atom stereocenters. The third-order valence-electron chi connectivity index (χ3n) is 5.10. The van der Waals surface area contributed by atoms with Gasteiger partial charge in [-0.15, -0.1) is 6.42 Å². The van der Waals surface area contributed by atoms with Gasteiger partial charge in [-0.25, -0.2) is 0 Å². The average Bonchev–Trinajstić information content (AvgIpc) is 3.19. The number of amides is 1. The molecule has 1 amide bonds. The summed E-state index contributed by atoms with van der Waals surface area (Å²) in [6.45, 7) is 3.05. The molecular formula is C24H26N2O4. The monoisotopic (exact) mass is 406 g/mol. The number of aromatic nitrogens is 1. The van der Waals surface area contributed by atoms with Gasteiger partial charge in [0, 0.05) is 13.2 Å². The van der Waals surface area contributed by atoms with Crippen molar-refractivity contribution in [2.24, 2.45) is 5.92 Å². The van der Waals surface area contributed by atoms with Crippen LogP contribution in [-0.2, 0) is 18.0 Å². The molecular weight excluding hydrogens is 380 g/mol. The van der Waals surface area contributed by atoms with Gasteiger partial charge in [0.25, 0.3) is 5.91 Å². The van der Waals surface area contributed by atoms with Crippen LogP contribution in [0.25, 0.3) is 10.8 Å². The molecule has 0 aliphatic rings. The van der Waals surface area contributed by atoms with Crippen molar-refractivity contribution >= 4 is 16.7 Å². The molecule has 0 saturated carbocycles. The number of carbonyl (C=O) groups excluding carboxylic acids is 1. The number of benzene rings is 2. The molecule has 1 heterocycles. The molecule has 0 saturated heterocycles. The van der Waals surface area contributed by atoms with E-state index < -0.39 is 0 Å². The first-order valence-corrected chi connectivity index (χ1v) is 10.1. The van der Waals surface area contributed by atoms with E-state index in [0.29, 0.717) is 30.9 Å². The van der Waals surface area contributed by atoms with E-state index in [-0.39, 0.29) is 30.7 Å². The molecule has 156 valence electrons. The summed E-state index contributed by atoms with van der Waals surface area (Å²) in [6.07, 6.45) is 7.08. The first-order valence-electron chi connectivity index (χ1n) is 10.1. The Morgan fingerprint density at radius 3 is 2.80 bits per heavy atom. The highest BCUT2D eigenvalue weighted by Gasteiger charge is 2.21. The fraction of sp³-hybridized carbons (Fsp3) is 0.333. The summed E-state index contributed by atoms with van der Waals surface area (Å²) in [5.41, 5.74) is 1.42. The molecule has 3 aromatic rings. The maximum atomic E-state index is 12.4. The molecule has 0 aliphatic heterocycles. The second kappa shape index (κ2) is 10.6. The van der Waals surface area contributed by atoms with Crippen LogP contribution in [0.2, 0.25) is 0 Å². The van der Waals surface area contributed by atoms with Gasteiger partial charge in [0.1, 0.15) is 12.2 Å². The topological polar surface area (TPSA) is 84.6 Å². The maximum absolute atomic E-state index is 12.4. The van der Waals surface area contributed by atoms with Crippen molar-refractivity contribution in [1.82, 2.24) is 10.5 Å². The number of nitrogens with zero attached hydrogens (tertiary/aromatic N) is 1. The van der Waals surface area contributed by atoms with Crippen molar-refractivity contribution in [2.75, 3.05) is 13.2 Å². The minimum Gasteiger partial charge on any atom is -0.396 e. The normalized spacial score (nSPS) is 11.9. The van der Waals surface area contributed by atoms with Gasteiger partial charge in [-0.2, -0.15) is 0 Å². The van der Waals surface area contributed by atoms with Crippen molar-refractivity contribution in [2.45, 2.75) is 33.0 Å². The predicted octanol–water partition coefficient (Wildman–Crippen LogP) is 3.66. The van der Waals surface area contributed by atoms with Gasteiger partial charge in [0.2, 0.25) is 0 Å². The van der Waals surface area contributed by atoms with Crippen LogP contribution in [0.3, 0.4) is 0 Å². The van der Waals surface area contributed by atoms with Crippen LogP contribution in [0.15, 0.2) is 47.0 Å². The first-order chi connectivity index (χ1) is 14.7. The van der Waals surface area contributed by atoms with Gasteiger partial charge in [-0.05, 0) is 34.7 Å². The Kier molecular flexibility index (Phi) is 7.61. The van der Waals surface area contributed by atoms with E-state index in [4.69, 9.17) is 20.8 Å². The number of ether oxygens (including phenoxy) is 1. The SMILES string of the molecule is C#Cc1c(C(=O)NCC(CC)CCO)noc1COCc1ccc2ccccc2c1. The molecule has 0 radical (unpaired) electrons. The Morgan fingerprint density at radius 2 is 2.07 bits per heavy atom. The highest BCUT2D eigenvalue weighted by atomic mass is 16.5. The zero-order valence-electron chi connectivity index (χ0n) is 17.1. The molecule has 3 rings (SSSR count). The van der Waals surface area contributed by atoms with Crippen molar-refractivity contribution in [1.29, 1.82) is 0 Å². The molecule has 0 aliphatic carbocycles. The number of hydrogen-bond donors (Lipinski definition) is 2. The summed E-state index contributed by atoms with van der Waals surface area (Å²) in [4.78, 5) is 12.4. The van der Waals surface area contributed by atoms with Crippen LogP contribution in [0, 0.1) is 18.3 Å². The van der Waals surface area contributed by atoms with E-state index in [0.717, 1.165) is 17.4 Å². The number of terminal acetylenes is 1. The Labute approximate surface area is 176 Å². The van der Waals surface area contributed by atoms with Gasteiger partial charge in [0.05, 0.1) is 6.61 Å². The second-order valence-electron chi connectivity index (χ2n) is 7.14. The number of hydrogen-bond acceptors (Lipinski definition) is 5. The smallest absolute Gasteiger partial charge is 0.274 e. The zero-order chi connectivity index (χ0) is 21.3. The van der Waals surface area contributed by atoms with Crippen LogP contribution in [-0.4, -0.2) is 29.3 Å². The lowest BCUT2D eigenvalue weighted by Gasteiger charge is -2.13. The lowest BCUT2D eigenvalue weighted by atomic mass is 10.0. The Balaban J connectivity index is 1.59. The summed E-state index contributed by atoms with van der Waals surface area (Å²) in [6, 6.07) is 14.3. The maximum Gasteiger partial charge on any atom is 0.274 e. The van der Waals surface area contributed by atoms with Gasteiger partial charge < -0.3 is 19.7 Å². The van der Waals surface area contributed by atoms with E-state index in [1.54, 1.807) is 0 Å². The third-order valence-corrected chi connectivity index (χ3v) is 5.10. The Hall–Kier alpha value is -3.14. The predicted molar refractivity (Wildman–Crippen MR) is 115 cm³/mol. The van der Waals surface area contributed by atoms with E-state index >= 15 is 0 Å². The number of rotatable bonds is 10. The van der Waals surface area contributed by atoms with Gasteiger partial charge in [0.15, 0.2) is 11.5 Å². The molecule has 6 heteroatoms.